The van der Waals surface area contributed by atoms with Crippen LogP contribution in [0, 0.1) is 0 Å². The summed E-state index contributed by atoms with van der Waals surface area (Å²) in [7, 11) is 0. The molecule has 33 heavy (non-hydrogen) atoms. The number of primary amides is 2. The van der Waals surface area contributed by atoms with E-state index in [4.69, 9.17) is 16.2 Å². The van der Waals surface area contributed by atoms with Crippen molar-refractivity contribution in [3.63, 3.8) is 0 Å². The summed E-state index contributed by atoms with van der Waals surface area (Å²) in [6.07, 6.45) is -1.30. The summed E-state index contributed by atoms with van der Waals surface area (Å²) in [6.45, 7) is 0. The van der Waals surface area contributed by atoms with Crippen LogP contribution < -0.4 is 22.1 Å². The molecule has 0 bridgehead atoms. The molecule has 4 amide bonds. The first-order valence-electron chi connectivity index (χ1n) is 9.71. The number of nitrogens with two attached hydrogens (primary N) is 2. The van der Waals surface area contributed by atoms with Crippen LogP contribution in [0.5, 0.6) is 0 Å². The van der Waals surface area contributed by atoms with Crippen molar-refractivity contribution in [2.45, 2.75) is 24.9 Å². The number of amides is 4. The van der Waals surface area contributed by atoms with E-state index in [-0.39, 0.29) is 11.1 Å². The third kappa shape index (κ3) is 7.90. The highest BCUT2D eigenvalue weighted by Crippen LogP contribution is 2.06. The number of carbonyl (C=O) groups excluding carboxylic acids is 6. The zero-order chi connectivity index (χ0) is 24.4. The Labute approximate surface area is 188 Å². The molecule has 0 spiro atoms. The Morgan fingerprint density at radius 2 is 0.970 bits per heavy atom. The van der Waals surface area contributed by atoms with Gasteiger partial charge in [-0.1, -0.05) is 36.4 Å². The number of esters is 2. The molecule has 0 aliphatic rings. The summed E-state index contributed by atoms with van der Waals surface area (Å²) in [5.41, 5.74) is 10.6. The molecule has 0 radical (unpaired) electrons. The molecule has 0 saturated carbocycles. The molecule has 172 valence electrons. The number of ether oxygens (including phenoxy) is 1. The number of carbonyl (C=O) groups is 6. The first-order valence-corrected chi connectivity index (χ1v) is 9.71. The van der Waals surface area contributed by atoms with E-state index in [1.165, 1.54) is 24.3 Å². The van der Waals surface area contributed by atoms with Crippen molar-refractivity contribution in [3.05, 3.63) is 71.8 Å². The third-order valence-corrected chi connectivity index (χ3v) is 4.26. The van der Waals surface area contributed by atoms with Gasteiger partial charge in [-0.05, 0) is 24.3 Å². The smallest absolute Gasteiger partial charge is 0.336 e. The van der Waals surface area contributed by atoms with Crippen molar-refractivity contribution in [1.29, 1.82) is 0 Å². The van der Waals surface area contributed by atoms with Crippen LogP contribution in [0.3, 0.4) is 0 Å². The van der Waals surface area contributed by atoms with E-state index in [1.807, 2.05) is 0 Å². The Morgan fingerprint density at radius 1 is 0.636 bits per heavy atom. The molecule has 2 rings (SSSR count). The molecule has 0 saturated heterocycles. The number of benzene rings is 2. The van der Waals surface area contributed by atoms with Crippen molar-refractivity contribution in [3.8, 4) is 0 Å². The van der Waals surface area contributed by atoms with Gasteiger partial charge in [-0.25, -0.2) is 9.59 Å². The van der Waals surface area contributed by atoms with Crippen LogP contribution in [0.25, 0.3) is 0 Å². The summed E-state index contributed by atoms with van der Waals surface area (Å²) in [6, 6.07) is 12.4. The average molecular weight is 454 g/mol. The lowest BCUT2D eigenvalue weighted by atomic mass is 10.1. The van der Waals surface area contributed by atoms with Crippen molar-refractivity contribution >= 4 is 35.6 Å². The maximum absolute atomic E-state index is 12.5. The fourth-order valence-electron chi connectivity index (χ4n) is 2.69. The van der Waals surface area contributed by atoms with Gasteiger partial charge in [0, 0.05) is 11.1 Å². The van der Waals surface area contributed by atoms with Gasteiger partial charge in [-0.15, -0.1) is 0 Å². The lowest BCUT2D eigenvalue weighted by Crippen LogP contribution is -2.49. The van der Waals surface area contributed by atoms with Gasteiger partial charge in [0.25, 0.3) is 11.8 Å². The molecule has 0 unspecified atom stereocenters. The number of hydrogen-bond donors (Lipinski definition) is 4. The maximum atomic E-state index is 12.5. The van der Waals surface area contributed by atoms with E-state index < -0.39 is 60.5 Å². The van der Waals surface area contributed by atoms with Crippen LogP contribution >= 0.6 is 0 Å². The highest BCUT2D eigenvalue weighted by Gasteiger charge is 2.31. The van der Waals surface area contributed by atoms with E-state index in [9.17, 15) is 28.8 Å². The molecular formula is C22H22N4O7. The van der Waals surface area contributed by atoms with Crippen LogP contribution in [0.15, 0.2) is 60.7 Å². The Hall–Kier alpha value is -4.54. The predicted octanol–water partition coefficient (Wildman–Crippen LogP) is -0.596. The Bertz CT molecular complexity index is 958. The lowest BCUT2D eigenvalue weighted by molar-refractivity contribution is -0.163. The topological polar surface area (TPSA) is 188 Å². The average Bonchev–Trinajstić information content (AvgIpc) is 2.78. The minimum atomic E-state index is -1.58. The predicted molar refractivity (Wildman–Crippen MR) is 114 cm³/mol. The summed E-state index contributed by atoms with van der Waals surface area (Å²) in [5, 5.41) is 4.54. The van der Waals surface area contributed by atoms with Crippen molar-refractivity contribution in [2.24, 2.45) is 11.5 Å². The van der Waals surface area contributed by atoms with Gasteiger partial charge in [0.05, 0.1) is 12.8 Å². The first kappa shape index (κ1) is 24.7. The second-order valence-electron chi connectivity index (χ2n) is 6.87. The second kappa shape index (κ2) is 11.7. The number of rotatable bonds is 10. The van der Waals surface area contributed by atoms with Gasteiger partial charge < -0.3 is 26.8 Å². The number of hydrogen-bond acceptors (Lipinski definition) is 7. The van der Waals surface area contributed by atoms with E-state index >= 15 is 0 Å². The molecule has 11 nitrogen and oxygen atoms in total. The van der Waals surface area contributed by atoms with E-state index in [2.05, 4.69) is 10.6 Å². The van der Waals surface area contributed by atoms with E-state index in [0.29, 0.717) is 0 Å². The van der Waals surface area contributed by atoms with Crippen molar-refractivity contribution in [1.82, 2.24) is 10.6 Å². The molecular weight excluding hydrogens is 432 g/mol. The molecule has 6 N–H and O–H groups in total. The monoisotopic (exact) mass is 454 g/mol. The van der Waals surface area contributed by atoms with Gasteiger partial charge in [0.2, 0.25) is 11.8 Å². The largest absolute Gasteiger partial charge is 0.390 e. The van der Waals surface area contributed by atoms with Crippen molar-refractivity contribution < 1.29 is 33.5 Å². The summed E-state index contributed by atoms with van der Waals surface area (Å²) in [5.74, 6) is -5.90. The third-order valence-electron chi connectivity index (χ3n) is 4.26. The maximum Gasteiger partial charge on any atom is 0.336 e. The van der Waals surface area contributed by atoms with Crippen LogP contribution in [-0.4, -0.2) is 47.7 Å². The SMILES string of the molecule is NC(=O)C[C@H](NC(=O)c1ccccc1)C(=O)OC(=O)[C@H](CC(N)=O)NC(=O)c1ccccc1. The minimum Gasteiger partial charge on any atom is -0.390 e. The fraction of sp³-hybridized carbons (Fsp3) is 0.182. The van der Waals surface area contributed by atoms with E-state index in [1.54, 1.807) is 36.4 Å². The fourth-order valence-corrected chi connectivity index (χ4v) is 2.69. The lowest BCUT2D eigenvalue weighted by Gasteiger charge is -2.19. The van der Waals surface area contributed by atoms with Crippen LogP contribution in [0.1, 0.15) is 33.6 Å². The van der Waals surface area contributed by atoms with Crippen LogP contribution in [0.2, 0.25) is 0 Å². The summed E-state index contributed by atoms with van der Waals surface area (Å²) in [4.78, 5) is 72.4. The zero-order valence-electron chi connectivity index (χ0n) is 17.4. The highest BCUT2D eigenvalue weighted by molar-refractivity contribution is 6.02. The van der Waals surface area contributed by atoms with Gasteiger partial charge in [0.1, 0.15) is 12.1 Å². The minimum absolute atomic E-state index is 0.188. The molecule has 2 atom stereocenters. The van der Waals surface area contributed by atoms with Gasteiger partial charge in [0.15, 0.2) is 0 Å². The standard InChI is InChI=1S/C22H22N4O7/c23-17(27)11-15(25-19(29)13-7-3-1-4-8-13)21(31)33-22(32)16(12-18(24)28)26-20(30)14-9-5-2-6-10-14/h1-10,15-16H,11-12H2,(H2,23,27)(H2,24,28)(H,25,29)(H,26,30)/t15-,16-/m0/s1. The summed E-state index contributed by atoms with van der Waals surface area (Å²) < 4.78 is 4.73. The molecule has 0 heterocycles. The highest BCUT2D eigenvalue weighted by atomic mass is 16.6. The first-order chi connectivity index (χ1) is 15.7. The molecule has 0 aliphatic carbocycles. The molecule has 2 aromatic carbocycles. The molecule has 11 heteroatoms. The Balaban J connectivity index is 2.12. The van der Waals surface area contributed by atoms with Crippen molar-refractivity contribution in [2.75, 3.05) is 0 Å². The van der Waals surface area contributed by atoms with E-state index in [0.717, 1.165) is 0 Å². The molecule has 0 fully saturated rings. The number of nitrogens with one attached hydrogen (secondary N) is 2. The molecule has 0 aromatic heterocycles. The van der Waals surface area contributed by atoms with Gasteiger partial charge >= 0.3 is 11.9 Å². The van der Waals surface area contributed by atoms with Gasteiger partial charge in [-0.2, -0.15) is 0 Å². The quantitative estimate of drug-likeness (QED) is 0.272. The molecule has 2 aromatic rings. The van der Waals surface area contributed by atoms with Gasteiger partial charge in [-0.3, -0.25) is 19.2 Å². The second-order valence-corrected chi connectivity index (χ2v) is 6.87. The van der Waals surface area contributed by atoms with Crippen LogP contribution in [-0.2, 0) is 23.9 Å². The normalized spacial score (nSPS) is 12.0. The molecule has 0 aliphatic heterocycles. The summed E-state index contributed by atoms with van der Waals surface area (Å²) >= 11 is 0. The Kier molecular flexibility index (Phi) is 8.80. The Morgan fingerprint density at radius 3 is 1.27 bits per heavy atom. The zero-order valence-corrected chi connectivity index (χ0v) is 17.4. The van der Waals surface area contributed by atoms with Crippen LogP contribution in [0.4, 0.5) is 0 Å².